The van der Waals surface area contributed by atoms with E-state index in [4.69, 9.17) is 0 Å². The molecule has 30 heavy (non-hydrogen) atoms. The SMILES string of the molecule is c1ccc2nc3ccccc3cc2c1.c1ccc2ncccc2c1.c1ccncc1. The van der Waals surface area contributed by atoms with Gasteiger partial charge in [-0.1, -0.05) is 66.7 Å². The molecule has 0 N–H and O–H groups in total. The van der Waals surface area contributed by atoms with Crippen molar-refractivity contribution < 1.29 is 0 Å². The molecule has 0 saturated heterocycles. The Bertz CT molecular complexity index is 1150. The normalized spacial score (nSPS) is 10.0. The lowest BCUT2D eigenvalue weighted by Gasteiger charge is -1.99. The largest absolute Gasteiger partial charge is 0.265 e. The van der Waals surface area contributed by atoms with E-state index in [0.29, 0.717) is 0 Å². The Morgan fingerprint density at radius 2 is 0.933 bits per heavy atom. The van der Waals surface area contributed by atoms with Crippen molar-refractivity contribution in [2.75, 3.05) is 0 Å². The molecule has 144 valence electrons. The average Bonchev–Trinajstić information content (AvgIpc) is 2.85. The zero-order valence-corrected chi connectivity index (χ0v) is 16.5. The second kappa shape index (κ2) is 9.89. The third-order valence-corrected chi connectivity index (χ3v) is 4.50. The van der Waals surface area contributed by atoms with Crippen molar-refractivity contribution in [3.05, 3.63) is 128 Å². The first kappa shape index (κ1) is 19.2. The number of benzene rings is 3. The van der Waals surface area contributed by atoms with Crippen molar-refractivity contribution in [2.45, 2.75) is 0 Å². The predicted molar refractivity (Wildman–Crippen MR) is 125 cm³/mol. The molecule has 3 nitrogen and oxygen atoms in total. The van der Waals surface area contributed by atoms with Crippen LogP contribution in [-0.4, -0.2) is 15.0 Å². The molecular weight excluding hydrogens is 366 g/mol. The maximum atomic E-state index is 4.58. The summed E-state index contributed by atoms with van der Waals surface area (Å²) in [6.07, 6.45) is 5.31. The molecule has 0 radical (unpaired) electrons. The van der Waals surface area contributed by atoms with Crippen LogP contribution in [0.25, 0.3) is 32.7 Å². The second-order valence-corrected chi connectivity index (χ2v) is 6.59. The summed E-state index contributed by atoms with van der Waals surface area (Å²) in [4.78, 5) is 12.5. The average molecular weight is 387 g/mol. The van der Waals surface area contributed by atoms with E-state index in [2.05, 4.69) is 45.3 Å². The number of hydrogen-bond acceptors (Lipinski definition) is 3. The highest BCUT2D eigenvalue weighted by Crippen LogP contribution is 2.18. The molecule has 3 heterocycles. The van der Waals surface area contributed by atoms with E-state index in [0.717, 1.165) is 16.6 Å². The topological polar surface area (TPSA) is 38.7 Å². The maximum Gasteiger partial charge on any atom is 0.0709 e. The summed E-state index contributed by atoms with van der Waals surface area (Å²) in [6.45, 7) is 0. The molecule has 0 unspecified atom stereocenters. The van der Waals surface area contributed by atoms with Crippen LogP contribution in [0.2, 0.25) is 0 Å². The fourth-order valence-corrected chi connectivity index (χ4v) is 3.05. The Morgan fingerprint density at radius 1 is 0.400 bits per heavy atom. The first-order chi connectivity index (χ1) is 14.9. The number of fused-ring (bicyclic) bond motifs is 3. The van der Waals surface area contributed by atoms with Gasteiger partial charge in [0, 0.05) is 34.7 Å². The van der Waals surface area contributed by atoms with Gasteiger partial charge in [0.1, 0.15) is 0 Å². The van der Waals surface area contributed by atoms with Crippen LogP contribution in [0.5, 0.6) is 0 Å². The molecule has 0 aliphatic rings. The minimum atomic E-state index is 1.06. The Kier molecular flexibility index (Phi) is 6.34. The summed E-state index contributed by atoms with van der Waals surface area (Å²) in [5, 5.41) is 3.60. The molecule has 6 aromatic rings. The molecule has 0 fully saturated rings. The van der Waals surface area contributed by atoms with Gasteiger partial charge in [0.15, 0.2) is 0 Å². The van der Waals surface area contributed by atoms with E-state index >= 15 is 0 Å². The zero-order valence-electron chi connectivity index (χ0n) is 16.5. The Balaban J connectivity index is 0.000000119. The van der Waals surface area contributed by atoms with Gasteiger partial charge in [-0.05, 0) is 42.5 Å². The fraction of sp³-hybridized carbons (Fsp3) is 0. The van der Waals surface area contributed by atoms with Crippen LogP contribution in [0.15, 0.2) is 128 Å². The maximum absolute atomic E-state index is 4.58. The van der Waals surface area contributed by atoms with Crippen molar-refractivity contribution >= 4 is 32.7 Å². The number of pyridine rings is 3. The van der Waals surface area contributed by atoms with E-state index in [9.17, 15) is 0 Å². The van der Waals surface area contributed by atoms with Crippen LogP contribution in [0.1, 0.15) is 0 Å². The summed E-state index contributed by atoms with van der Waals surface area (Å²) in [7, 11) is 0. The van der Waals surface area contributed by atoms with Gasteiger partial charge in [0.25, 0.3) is 0 Å². The van der Waals surface area contributed by atoms with Gasteiger partial charge in [-0.25, -0.2) is 4.98 Å². The monoisotopic (exact) mass is 387 g/mol. The molecule has 0 bridgehead atoms. The molecule has 0 aliphatic carbocycles. The van der Waals surface area contributed by atoms with Gasteiger partial charge in [-0.3, -0.25) is 9.97 Å². The molecule has 0 aliphatic heterocycles. The van der Waals surface area contributed by atoms with E-state index in [-0.39, 0.29) is 0 Å². The number of para-hydroxylation sites is 3. The molecule has 3 heteroatoms. The molecule has 6 rings (SSSR count). The molecular formula is C27H21N3. The van der Waals surface area contributed by atoms with Crippen molar-refractivity contribution in [1.29, 1.82) is 0 Å². The lowest BCUT2D eigenvalue weighted by Crippen LogP contribution is -1.80. The zero-order chi connectivity index (χ0) is 20.4. The Hall–Kier alpha value is -4.11. The van der Waals surface area contributed by atoms with Crippen LogP contribution >= 0.6 is 0 Å². The summed E-state index contributed by atoms with van der Waals surface area (Å²) >= 11 is 0. The summed E-state index contributed by atoms with van der Waals surface area (Å²) < 4.78 is 0. The van der Waals surface area contributed by atoms with Crippen LogP contribution in [0, 0.1) is 0 Å². The number of rotatable bonds is 0. The number of nitrogens with zero attached hydrogens (tertiary/aromatic N) is 3. The van der Waals surface area contributed by atoms with E-state index < -0.39 is 0 Å². The van der Waals surface area contributed by atoms with Gasteiger partial charge in [-0.15, -0.1) is 0 Å². The molecule has 0 spiro atoms. The summed E-state index contributed by atoms with van der Waals surface area (Å²) in [6, 6.07) is 36.4. The van der Waals surface area contributed by atoms with Crippen molar-refractivity contribution in [3.8, 4) is 0 Å². The predicted octanol–water partition coefficient (Wildman–Crippen LogP) is 6.70. The first-order valence-electron chi connectivity index (χ1n) is 9.79. The highest BCUT2D eigenvalue weighted by molar-refractivity contribution is 5.92. The minimum Gasteiger partial charge on any atom is -0.265 e. The third kappa shape index (κ3) is 5.03. The highest BCUT2D eigenvalue weighted by atomic mass is 14.7. The highest BCUT2D eigenvalue weighted by Gasteiger charge is 1.96. The van der Waals surface area contributed by atoms with Crippen molar-refractivity contribution in [1.82, 2.24) is 15.0 Å². The fourth-order valence-electron chi connectivity index (χ4n) is 3.05. The van der Waals surface area contributed by atoms with Gasteiger partial charge >= 0.3 is 0 Å². The molecule has 0 atom stereocenters. The molecule has 0 saturated carbocycles. The summed E-state index contributed by atoms with van der Waals surface area (Å²) in [5.74, 6) is 0. The number of aromatic nitrogens is 3. The van der Waals surface area contributed by atoms with Crippen LogP contribution in [0.4, 0.5) is 0 Å². The van der Waals surface area contributed by atoms with E-state index in [1.54, 1.807) is 12.4 Å². The Morgan fingerprint density at radius 3 is 1.47 bits per heavy atom. The molecule has 3 aromatic carbocycles. The van der Waals surface area contributed by atoms with E-state index in [1.807, 2.05) is 85.1 Å². The van der Waals surface area contributed by atoms with Crippen LogP contribution in [0.3, 0.4) is 0 Å². The smallest absolute Gasteiger partial charge is 0.0709 e. The first-order valence-corrected chi connectivity index (χ1v) is 9.79. The number of hydrogen-bond donors (Lipinski definition) is 0. The van der Waals surface area contributed by atoms with Gasteiger partial charge in [-0.2, -0.15) is 0 Å². The standard InChI is InChI=1S/C13H9N.C9H7N.C5H5N/c1-3-7-12-10(5-1)9-11-6-2-4-8-13(11)14-12;1-2-6-9-8(4-1)5-3-7-10-9;1-2-4-6-5-3-1/h1-9H;1-7H;1-5H. The minimum absolute atomic E-state index is 1.06. The van der Waals surface area contributed by atoms with Gasteiger partial charge in [0.2, 0.25) is 0 Å². The van der Waals surface area contributed by atoms with Crippen LogP contribution < -0.4 is 0 Å². The lowest BCUT2D eigenvalue weighted by atomic mass is 10.1. The second-order valence-electron chi connectivity index (χ2n) is 6.59. The van der Waals surface area contributed by atoms with Gasteiger partial charge < -0.3 is 0 Å². The van der Waals surface area contributed by atoms with Gasteiger partial charge in [0.05, 0.1) is 16.6 Å². The quantitative estimate of drug-likeness (QED) is 0.272. The summed E-state index contributed by atoms with van der Waals surface area (Å²) in [5.41, 5.74) is 3.18. The van der Waals surface area contributed by atoms with Crippen molar-refractivity contribution in [3.63, 3.8) is 0 Å². The molecule has 3 aromatic heterocycles. The Labute approximate surface area is 175 Å². The van der Waals surface area contributed by atoms with Crippen LogP contribution in [-0.2, 0) is 0 Å². The molecule has 0 amide bonds. The lowest BCUT2D eigenvalue weighted by molar-refractivity contribution is 1.33. The van der Waals surface area contributed by atoms with E-state index in [1.165, 1.54) is 16.2 Å². The third-order valence-electron chi connectivity index (χ3n) is 4.50. The van der Waals surface area contributed by atoms with Crippen molar-refractivity contribution in [2.24, 2.45) is 0 Å².